The summed E-state index contributed by atoms with van der Waals surface area (Å²) >= 11 is 0. The lowest BCUT2D eigenvalue weighted by atomic mass is 9.85. The topological polar surface area (TPSA) is 64.6 Å². The first-order chi connectivity index (χ1) is 12.3. The minimum atomic E-state index is -0.126. The maximum absolute atomic E-state index is 12.3. The summed E-state index contributed by atoms with van der Waals surface area (Å²) in [6.45, 7) is 2.89. The normalized spacial score (nSPS) is 24.0. The van der Waals surface area contributed by atoms with Crippen LogP contribution in [0.3, 0.4) is 0 Å². The van der Waals surface area contributed by atoms with E-state index in [0.29, 0.717) is 6.54 Å². The minimum Gasteiger partial charge on any atom is -0.396 e. The van der Waals surface area contributed by atoms with Crippen molar-refractivity contribution in [2.45, 2.75) is 57.5 Å². The Hall–Kier alpha value is -1.75. The van der Waals surface area contributed by atoms with Crippen LogP contribution in [0, 0.1) is 5.92 Å². The molecule has 1 aliphatic carbocycles. The summed E-state index contributed by atoms with van der Waals surface area (Å²) in [4.78, 5) is 14.7. The second-order valence-electron chi connectivity index (χ2n) is 7.34. The fraction of sp³-hybridized carbons (Fsp3) is 0.650. The van der Waals surface area contributed by atoms with Crippen molar-refractivity contribution >= 4 is 11.7 Å². The second kappa shape index (κ2) is 9.09. The van der Waals surface area contributed by atoms with E-state index in [9.17, 15) is 9.90 Å². The number of anilines is 1. The third kappa shape index (κ3) is 4.88. The van der Waals surface area contributed by atoms with E-state index in [0.717, 1.165) is 38.8 Å². The summed E-state index contributed by atoms with van der Waals surface area (Å²) < 4.78 is 0. The number of nitrogens with zero attached hydrogens (tertiary/aromatic N) is 1. The third-order valence-electron chi connectivity index (χ3n) is 5.59. The average molecular weight is 345 g/mol. The van der Waals surface area contributed by atoms with Crippen LogP contribution < -0.4 is 15.5 Å². The van der Waals surface area contributed by atoms with Gasteiger partial charge in [0.1, 0.15) is 0 Å². The van der Waals surface area contributed by atoms with Gasteiger partial charge in [-0.2, -0.15) is 0 Å². The van der Waals surface area contributed by atoms with Crippen molar-refractivity contribution in [2.75, 3.05) is 24.6 Å². The van der Waals surface area contributed by atoms with Gasteiger partial charge in [0.15, 0.2) is 0 Å². The molecular weight excluding hydrogens is 314 g/mol. The highest BCUT2D eigenvalue weighted by Crippen LogP contribution is 2.25. The molecule has 0 bridgehead atoms. The van der Waals surface area contributed by atoms with E-state index in [1.54, 1.807) is 0 Å². The standard InChI is InChI=1S/C20H31N3O2/c24-15-17-9-2-4-10-18(17)22-20(25)21-14-16-8-3-5-11-19(16)23-12-6-1-7-13-23/h3,5,8,11,17-18,24H,1-2,4,6-7,9-10,12-15H2,(H2,21,22,25). The van der Waals surface area contributed by atoms with Crippen LogP contribution in [0.4, 0.5) is 10.5 Å². The molecule has 1 heterocycles. The van der Waals surface area contributed by atoms with Gasteiger partial charge >= 0.3 is 6.03 Å². The molecule has 2 amide bonds. The van der Waals surface area contributed by atoms with Gasteiger partial charge in [-0.05, 0) is 43.7 Å². The van der Waals surface area contributed by atoms with Gasteiger partial charge < -0.3 is 20.6 Å². The Morgan fingerprint density at radius 3 is 2.64 bits per heavy atom. The molecule has 1 aliphatic heterocycles. The maximum atomic E-state index is 12.3. The molecule has 3 rings (SSSR count). The number of carbonyl (C=O) groups excluding carboxylic acids is 1. The molecule has 1 saturated heterocycles. The van der Waals surface area contributed by atoms with Crippen molar-refractivity contribution in [3.05, 3.63) is 29.8 Å². The molecule has 1 aromatic rings. The number of rotatable bonds is 5. The fourth-order valence-electron chi connectivity index (χ4n) is 4.11. The summed E-state index contributed by atoms with van der Waals surface area (Å²) in [5.74, 6) is 0.195. The monoisotopic (exact) mass is 345 g/mol. The zero-order valence-corrected chi connectivity index (χ0v) is 15.0. The molecule has 2 aliphatic rings. The van der Waals surface area contributed by atoms with Gasteiger partial charge in [0.2, 0.25) is 0 Å². The highest BCUT2D eigenvalue weighted by atomic mass is 16.3. The number of aliphatic hydroxyl groups excluding tert-OH is 1. The van der Waals surface area contributed by atoms with E-state index in [2.05, 4.69) is 33.7 Å². The predicted octanol–water partition coefficient (Wildman–Crippen LogP) is 3.03. The Morgan fingerprint density at radius 1 is 1.08 bits per heavy atom. The number of benzene rings is 1. The Bertz CT molecular complexity index is 558. The lowest BCUT2D eigenvalue weighted by Crippen LogP contribution is -2.47. The quantitative estimate of drug-likeness (QED) is 0.768. The molecule has 2 atom stereocenters. The summed E-state index contributed by atoms with van der Waals surface area (Å²) in [6, 6.07) is 8.33. The SMILES string of the molecule is O=C(NCc1ccccc1N1CCCCC1)NC1CCCCC1CO. The van der Waals surface area contributed by atoms with Crippen molar-refractivity contribution in [1.82, 2.24) is 10.6 Å². The van der Waals surface area contributed by atoms with E-state index in [1.165, 1.54) is 30.5 Å². The molecule has 5 nitrogen and oxygen atoms in total. The van der Waals surface area contributed by atoms with Gasteiger partial charge in [-0.15, -0.1) is 0 Å². The Kier molecular flexibility index (Phi) is 6.56. The first-order valence-electron chi connectivity index (χ1n) is 9.76. The lowest BCUT2D eigenvalue weighted by molar-refractivity contribution is 0.153. The molecule has 1 aromatic carbocycles. The lowest BCUT2D eigenvalue weighted by Gasteiger charge is -2.31. The van der Waals surface area contributed by atoms with Crippen LogP contribution in [0.5, 0.6) is 0 Å². The van der Waals surface area contributed by atoms with Crippen LogP contribution in [-0.4, -0.2) is 36.9 Å². The second-order valence-corrected chi connectivity index (χ2v) is 7.34. The van der Waals surface area contributed by atoms with Gasteiger partial charge in [0.05, 0.1) is 0 Å². The molecule has 138 valence electrons. The van der Waals surface area contributed by atoms with Crippen LogP contribution >= 0.6 is 0 Å². The number of amides is 2. The van der Waals surface area contributed by atoms with Crippen LogP contribution in [-0.2, 0) is 6.54 Å². The van der Waals surface area contributed by atoms with Crippen LogP contribution in [0.25, 0.3) is 0 Å². The van der Waals surface area contributed by atoms with Crippen molar-refractivity contribution < 1.29 is 9.90 Å². The number of urea groups is 1. The van der Waals surface area contributed by atoms with Crippen LogP contribution in [0.2, 0.25) is 0 Å². The zero-order chi connectivity index (χ0) is 17.5. The van der Waals surface area contributed by atoms with Crippen molar-refractivity contribution in [2.24, 2.45) is 5.92 Å². The summed E-state index contributed by atoms with van der Waals surface area (Å²) in [5.41, 5.74) is 2.41. The number of piperidine rings is 1. The number of hydrogen-bond donors (Lipinski definition) is 3. The molecule has 2 unspecified atom stereocenters. The molecule has 0 spiro atoms. The Labute approximate surface area is 150 Å². The molecule has 25 heavy (non-hydrogen) atoms. The largest absolute Gasteiger partial charge is 0.396 e. The van der Waals surface area contributed by atoms with Gasteiger partial charge in [0, 0.05) is 43.9 Å². The van der Waals surface area contributed by atoms with Crippen molar-refractivity contribution in [3.63, 3.8) is 0 Å². The van der Waals surface area contributed by atoms with Gasteiger partial charge in [-0.3, -0.25) is 0 Å². The van der Waals surface area contributed by atoms with E-state index < -0.39 is 0 Å². The summed E-state index contributed by atoms with van der Waals surface area (Å²) in [5, 5.41) is 15.6. The first kappa shape index (κ1) is 18.1. The number of aliphatic hydroxyl groups is 1. The first-order valence-corrected chi connectivity index (χ1v) is 9.76. The number of carbonyl (C=O) groups is 1. The Morgan fingerprint density at radius 2 is 1.84 bits per heavy atom. The number of nitrogens with one attached hydrogen (secondary N) is 2. The third-order valence-corrected chi connectivity index (χ3v) is 5.59. The number of hydrogen-bond acceptors (Lipinski definition) is 3. The predicted molar refractivity (Wildman–Crippen MR) is 101 cm³/mol. The van der Waals surface area contributed by atoms with Gasteiger partial charge in [-0.1, -0.05) is 31.0 Å². The van der Waals surface area contributed by atoms with E-state index in [-0.39, 0.29) is 24.6 Å². The molecule has 2 fully saturated rings. The molecule has 5 heteroatoms. The molecular formula is C20H31N3O2. The number of para-hydroxylation sites is 1. The minimum absolute atomic E-state index is 0.0936. The summed E-state index contributed by atoms with van der Waals surface area (Å²) in [6.07, 6.45) is 8.03. The maximum Gasteiger partial charge on any atom is 0.315 e. The smallest absolute Gasteiger partial charge is 0.315 e. The van der Waals surface area contributed by atoms with Gasteiger partial charge in [-0.25, -0.2) is 4.79 Å². The molecule has 0 aromatic heterocycles. The fourth-order valence-corrected chi connectivity index (χ4v) is 4.11. The van der Waals surface area contributed by atoms with Crippen molar-refractivity contribution in [3.8, 4) is 0 Å². The van der Waals surface area contributed by atoms with Crippen LogP contribution in [0.1, 0.15) is 50.5 Å². The van der Waals surface area contributed by atoms with Crippen molar-refractivity contribution in [1.29, 1.82) is 0 Å². The summed E-state index contributed by atoms with van der Waals surface area (Å²) in [7, 11) is 0. The zero-order valence-electron chi connectivity index (χ0n) is 15.0. The molecule has 1 saturated carbocycles. The van der Waals surface area contributed by atoms with E-state index in [4.69, 9.17) is 0 Å². The molecule has 3 N–H and O–H groups in total. The van der Waals surface area contributed by atoms with Crippen LogP contribution in [0.15, 0.2) is 24.3 Å². The van der Waals surface area contributed by atoms with E-state index >= 15 is 0 Å². The Balaban J connectivity index is 1.55. The highest BCUT2D eigenvalue weighted by molar-refractivity contribution is 5.74. The van der Waals surface area contributed by atoms with E-state index in [1.807, 2.05) is 6.07 Å². The van der Waals surface area contributed by atoms with Gasteiger partial charge in [0.25, 0.3) is 0 Å². The highest BCUT2D eigenvalue weighted by Gasteiger charge is 2.25. The molecule has 0 radical (unpaired) electrons. The average Bonchev–Trinajstić information content (AvgIpc) is 2.68.